The molecule has 1 atom stereocenters. The molecule has 130 valence electrons. The van der Waals surface area contributed by atoms with E-state index < -0.39 is 5.69 Å². The van der Waals surface area contributed by atoms with Crippen molar-refractivity contribution in [1.29, 1.82) is 0 Å². The molecule has 0 radical (unpaired) electrons. The fourth-order valence-electron chi connectivity index (χ4n) is 3.54. The van der Waals surface area contributed by atoms with Crippen molar-refractivity contribution in [1.82, 2.24) is 14.0 Å². The molecule has 0 aromatic carbocycles. The van der Waals surface area contributed by atoms with Crippen molar-refractivity contribution in [2.24, 2.45) is 0 Å². The molecule has 0 spiro atoms. The molecule has 2 aromatic rings. The van der Waals surface area contributed by atoms with Gasteiger partial charge in [-0.3, -0.25) is 18.7 Å². The molecule has 3 rings (SSSR count). The molecule has 2 aromatic heterocycles. The van der Waals surface area contributed by atoms with E-state index in [1.807, 2.05) is 4.90 Å². The van der Waals surface area contributed by atoms with E-state index in [2.05, 4.69) is 6.92 Å². The Kier molecular flexibility index (Phi) is 4.89. The Morgan fingerprint density at radius 2 is 2.04 bits per heavy atom. The number of piperidine rings is 1. The van der Waals surface area contributed by atoms with Crippen molar-refractivity contribution < 1.29 is 4.79 Å². The lowest BCUT2D eigenvalue weighted by atomic mass is 10.00. The molecule has 0 aliphatic carbocycles. The van der Waals surface area contributed by atoms with Crippen LogP contribution in [0.1, 0.15) is 39.5 Å². The van der Waals surface area contributed by atoms with Gasteiger partial charge in [-0.25, -0.2) is 4.79 Å². The highest BCUT2D eigenvalue weighted by Gasteiger charge is 2.26. The number of nitrogens with zero attached hydrogens (tertiary/aromatic N) is 3. The van der Waals surface area contributed by atoms with Gasteiger partial charge in [-0.1, -0.05) is 6.92 Å². The minimum absolute atomic E-state index is 0.00282. The zero-order chi connectivity index (χ0) is 17.3. The van der Waals surface area contributed by atoms with Crippen LogP contribution in [0, 0.1) is 0 Å². The Hall–Kier alpha value is -1.89. The summed E-state index contributed by atoms with van der Waals surface area (Å²) in [5.74, 6) is -0.0301. The van der Waals surface area contributed by atoms with Gasteiger partial charge in [0.2, 0.25) is 5.91 Å². The van der Waals surface area contributed by atoms with Crippen molar-refractivity contribution >= 4 is 27.5 Å². The standard InChI is InChI=1S/C17H23N3O3S/c1-3-12-7-5-6-9-19(12)14(21)11-20-13-8-10-24-15(13)16(22)18(4-2)17(20)23/h8,10,12H,3-7,9,11H2,1-2H3/t12-/m1/s1. The number of carbonyl (C=O) groups is 1. The Labute approximate surface area is 144 Å². The summed E-state index contributed by atoms with van der Waals surface area (Å²) in [6, 6.07) is 2.01. The van der Waals surface area contributed by atoms with Crippen molar-refractivity contribution in [3.05, 3.63) is 32.3 Å². The monoisotopic (exact) mass is 349 g/mol. The van der Waals surface area contributed by atoms with Gasteiger partial charge < -0.3 is 4.90 Å². The Morgan fingerprint density at radius 3 is 2.75 bits per heavy atom. The van der Waals surface area contributed by atoms with Crippen LogP contribution in [-0.4, -0.2) is 32.5 Å². The maximum absolute atomic E-state index is 12.8. The van der Waals surface area contributed by atoms with Gasteiger partial charge in [0.1, 0.15) is 11.2 Å². The number of hydrogen-bond donors (Lipinski definition) is 0. The minimum Gasteiger partial charge on any atom is -0.338 e. The molecule has 1 fully saturated rings. The van der Waals surface area contributed by atoms with Crippen molar-refractivity contribution in [3.63, 3.8) is 0 Å². The van der Waals surface area contributed by atoms with Gasteiger partial charge in [0.25, 0.3) is 5.56 Å². The first-order valence-corrected chi connectivity index (χ1v) is 9.46. The van der Waals surface area contributed by atoms with Gasteiger partial charge in [0.15, 0.2) is 0 Å². The van der Waals surface area contributed by atoms with Crippen LogP contribution < -0.4 is 11.2 Å². The molecule has 0 N–H and O–H groups in total. The Morgan fingerprint density at radius 1 is 1.25 bits per heavy atom. The lowest BCUT2D eigenvalue weighted by Crippen LogP contribution is -2.47. The average Bonchev–Trinajstić information content (AvgIpc) is 3.08. The van der Waals surface area contributed by atoms with Crippen LogP contribution in [-0.2, 0) is 17.9 Å². The highest BCUT2D eigenvalue weighted by atomic mass is 32.1. The predicted octanol–water partition coefficient (Wildman–Crippen LogP) is 2.04. The minimum atomic E-state index is -0.396. The second-order valence-electron chi connectivity index (χ2n) is 6.20. The molecule has 1 saturated heterocycles. The second-order valence-corrected chi connectivity index (χ2v) is 7.11. The van der Waals surface area contributed by atoms with E-state index >= 15 is 0 Å². The smallest absolute Gasteiger partial charge is 0.331 e. The van der Waals surface area contributed by atoms with Gasteiger partial charge in [-0.05, 0) is 44.1 Å². The number of thiophene rings is 1. The number of aromatic nitrogens is 2. The maximum atomic E-state index is 12.8. The third kappa shape index (κ3) is 2.81. The van der Waals surface area contributed by atoms with Crippen molar-refractivity contribution in [3.8, 4) is 0 Å². The number of fused-ring (bicyclic) bond motifs is 1. The van der Waals surface area contributed by atoms with Crippen molar-refractivity contribution in [2.75, 3.05) is 6.54 Å². The van der Waals surface area contributed by atoms with Crippen LogP contribution >= 0.6 is 11.3 Å². The molecule has 1 amide bonds. The molecule has 6 nitrogen and oxygen atoms in total. The number of carbonyl (C=O) groups excluding carboxylic acids is 1. The summed E-state index contributed by atoms with van der Waals surface area (Å²) in [5, 5.41) is 1.79. The average molecular weight is 349 g/mol. The first-order valence-electron chi connectivity index (χ1n) is 8.58. The summed E-state index contributed by atoms with van der Waals surface area (Å²) in [7, 11) is 0. The zero-order valence-corrected chi connectivity index (χ0v) is 15.0. The van der Waals surface area contributed by atoms with Gasteiger partial charge in [-0.2, -0.15) is 0 Å². The van der Waals surface area contributed by atoms with Gasteiger partial charge in [0, 0.05) is 19.1 Å². The van der Waals surface area contributed by atoms with E-state index in [0.29, 0.717) is 16.8 Å². The van der Waals surface area contributed by atoms with Crippen LogP contribution in [0.2, 0.25) is 0 Å². The first kappa shape index (κ1) is 17.0. The van der Waals surface area contributed by atoms with Crippen LogP contribution in [0.3, 0.4) is 0 Å². The number of likely N-dealkylation sites (tertiary alicyclic amines) is 1. The summed E-state index contributed by atoms with van der Waals surface area (Å²) in [5.41, 5.74) is -0.0921. The maximum Gasteiger partial charge on any atom is 0.331 e. The van der Waals surface area contributed by atoms with E-state index in [0.717, 1.165) is 32.2 Å². The zero-order valence-electron chi connectivity index (χ0n) is 14.2. The molecule has 1 aliphatic heterocycles. The molecule has 7 heteroatoms. The predicted molar refractivity (Wildman–Crippen MR) is 95.7 cm³/mol. The number of hydrogen-bond acceptors (Lipinski definition) is 4. The van der Waals surface area contributed by atoms with E-state index in [1.54, 1.807) is 18.4 Å². The molecule has 24 heavy (non-hydrogen) atoms. The molecule has 0 saturated carbocycles. The molecular formula is C17H23N3O3S. The Bertz CT molecular complexity index is 864. The fraction of sp³-hybridized carbons (Fsp3) is 0.588. The summed E-state index contributed by atoms with van der Waals surface area (Å²) in [6.07, 6.45) is 4.12. The van der Waals surface area contributed by atoms with Gasteiger partial charge in [-0.15, -0.1) is 11.3 Å². The third-order valence-corrected chi connectivity index (χ3v) is 5.76. The highest BCUT2D eigenvalue weighted by Crippen LogP contribution is 2.21. The van der Waals surface area contributed by atoms with Crippen LogP contribution in [0.5, 0.6) is 0 Å². The van der Waals surface area contributed by atoms with Crippen LogP contribution in [0.4, 0.5) is 0 Å². The van der Waals surface area contributed by atoms with E-state index in [9.17, 15) is 14.4 Å². The third-order valence-electron chi connectivity index (χ3n) is 4.86. The quantitative estimate of drug-likeness (QED) is 0.848. The normalized spacial score (nSPS) is 18.2. The lowest BCUT2D eigenvalue weighted by molar-refractivity contribution is -0.135. The molecule has 0 unspecified atom stereocenters. The summed E-state index contributed by atoms with van der Waals surface area (Å²) in [4.78, 5) is 39.7. The summed E-state index contributed by atoms with van der Waals surface area (Å²) in [6.45, 7) is 4.93. The van der Waals surface area contributed by atoms with E-state index in [4.69, 9.17) is 0 Å². The molecular weight excluding hydrogens is 326 g/mol. The summed E-state index contributed by atoms with van der Waals surface area (Å²) >= 11 is 1.32. The van der Waals surface area contributed by atoms with Crippen LogP contribution in [0.15, 0.2) is 21.0 Å². The molecule has 0 bridgehead atoms. The second kappa shape index (κ2) is 6.93. The number of amides is 1. The fourth-order valence-corrected chi connectivity index (χ4v) is 4.39. The number of rotatable bonds is 4. The lowest BCUT2D eigenvalue weighted by Gasteiger charge is -2.35. The van der Waals surface area contributed by atoms with Gasteiger partial charge in [0.05, 0.1) is 5.52 Å². The van der Waals surface area contributed by atoms with Gasteiger partial charge >= 0.3 is 5.69 Å². The SMILES string of the molecule is CC[C@@H]1CCCCN1C(=O)Cn1c(=O)n(CC)c(=O)c2sccc21. The first-order chi connectivity index (χ1) is 11.6. The largest absolute Gasteiger partial charge is 0.338 e. The summed E-state index contributed by atoms with van der Waals surface area (Å²) < 4.78 is 3.20. The Balaban J connectivity index is 2.01. The highest BCUT2D eigenvalue weighted by molar-refractivity contribution is 7.17. The topological polar surface area (TPSA) is 64.3 Å². The van der Waals surface area contributed by atoms with E-state index in [-0.39, 0.29) is 24.1 Å². The van der Waals surface area contributed by atoms with Crippen LogP contribution in [0.25, 0.3) is 10.2 Å². The molecule has 3 heterocycles. The molecule has 1 aliphatic rings. The van der Waals surface area contributed by atoms with E-state index in [1.165, 1.54) is 20.5 Å². The van der Waals surface area contributed by atoms with Crippen molar-refractivity contribution in [2.45, 2.75) is 58.7 Å².